The van der Waals surface area contributed by atoms with E-state index in [0.717, 1.165) is 0 Å². The second-order valence-corrected chi connectivity index (χ2v) is 7.76. The van der Waals surface area contributed by atoms with Crippen molar-refractivity contribution in [1.82, 2.24) is 9.79 Å². The van der Waals surface area contributed by atoms with Gasteiger partial charge < -0.3 is 5.32 Å². The number of halogens is 1. The van der Waals surface area contributed by atoms with Crippen LogP contribution in [0.15, 0.2) is 23.1 Å². The second kappa shape index (κ2) is 6.31. The molecule has 0 aliphatic heterocycles. The van der Waals surface area contributed by atoms with E-state index in [-0.39, 0.29) is 21.4 Å². The lowest BCUT2D eigenvalue weighted by atomic mass is 10.1. The summed E-state index contributed by atoms with van der Waals surface area (Å²) in [6.45, 7) is 5.49. The molecular formula is C13H19ClN2O4S. The number of hydroxylamine groups is 1. The van der Waals surface area contributed by atoms with Crippen LogP contribution in [-0.4, -0.2) is 38.5 Å². The molecule has 118 valence electrons. The van der Waals surface area contributed by atoms with Gasteiger partial charge in [-0.1, -0.05) is 16.1 Å². The number of hydrogen-bond donors (Lipinski definition) is 1. The second-order valence-electron chi connectivity index (χ2n) is 5.45. The van der Waals surface area contributed by atoms with Crippen LogP contribution in [0.25, 0.3) is 0 Å². The van der Waals surface area contributed by atoms with Gasteiger partial charge in [-0.25, -0.2) is 8.42 Å². The van der Waals surface area contributed by atoms with E-state index in [1.165, 1.54) is 32.4 Å². The summed E-state index contributed by atoms with van der Waals surface area (Å²) in [5.41, 5.74) is -0.226. The Bertz CT molecular complexity index is 638. The molecule has 1 aromatic rings. The summed E-state index contributed by atoms with van der Waals surface area (Å²) in [4.78, 5) is 16.6. The predicted molar refractivity (Wildman–Crippen MR) is 80.6 cm³/mol. The predicted octanol–water partition coefficient (Wildman–Crippen LogP) is 2.05. The van der Waals surface area contributed by atoms with Crippen LogP contribution in [0.2, 0.25) is 5.02 Å². The lowest BCUT2D eigenvalue weighted by Gasteiger charge is -2.21. The van der Waals surface area contributed by atoms with E-state index < -0.39 is 15.6 Å². The Morgan fingerprint density at radius 3 is 2.38 bits per heavy atom. The summed E-state index contributed by atoms with van der Waals surface area (Å²) < 4.78 is 25.1. The van der Waals surface area contributed by atoms with E-state index in [4.69, 9.17) is 16.4 Å². The van der Waals surface area contributed by atoms with Gasteiger partial charge in [0.15, 0.2) is 0 Å². The maximum absolute atomic E-state index is 12.2. The van der Waals surface area contributed by atoms with Crippen molar-refractivity contribution in [1.29, 1.82) is 0 Å². The minimum absolute atomic E-state index is 0.0196. The van der Waals surface area contributed by atoms with Gasteiger partial charge in [0, 0.05) is 18.2 Å². The van der Waals surface area contributed by atoms with Crippen LogP contribution < -0.4 is 5.32 Å². The smallest absolute Gasteiger partial charge is 0.266 e. The van der Waals surface area contributed by atoms with Gasteiger partial charge in [0.25, 0.3) is 15.9 Å². The average molecular weight is 335 g/mol. The number of hydrogen-bond acceptors (Lipinski definition) is 4. The summed E-state index contributed by atoms with van der Waals surface area (Å²) in [5.74, 6) is -0.379. The summed E-state index contributed by atoms with van der Waals surface area (Å²) in [6, 6.07) is 4.07. The lowest BCUT2D eigenvalue weighted by Crippen LogP contribution is -2.40. The van der Waals surface area contributed by atoms with Gasteiger partial charge in [0.2, 0.25) is 0 Å². The fourth-order valence-electron chi connectivity index (χ4n) is 1.49. The Morgan fingerprint density at radius 1 is 1.33 bits per heavy atom. The third kappa shape index (κ3) is 4.41. The summed E-state index contributed by atoms with van der Waals surface area (Å²) in [5, 5.41) is 2.77. The van der Waals surface area contributed by atoms with Crippen LogP contribution in [0.3, 0.4) is 0 Å². The Labute approximate surface area is 130 Å². The van der Waals surface area contributed by atoms with Crippen LogP contribution >= 0.6 is 11.6 Å². The van der Waals surface area contributed by atoms with Gasteiger partial charge in [-0.05, 0) is 39.0 Å². The van der Waals surface area contributed by atoms with Crippen molar-refractivity contribution in [2.45, 2.75) is 31.2 Å². The van der Waals surface area contributed by atoms with Crippen LogP contribution in [0.1, 0.15) is 31.1 Å². The molecule has 0 unspecified atom stereocenters. The molecule has 0 saturated heterocycles. The molecule has 0 spiro atoms. The van der Waals surface area contributed by atoms with Crippen LogP contribution in [0.5, 0.6) is 0 Å². The number of nitrogens with one attached hydrogen (secondary N) is 1. The summed E-state index contributed by atoms with van der Waals surface area (Å²) in [6.07, 6.45) is 0. The quantitative estimate of drug-likeness (QED) is 0.855. The molecule has 0 heterocycles. The Morgan fingerprint density at radius 2 is 1.90 bits per heavy atom. The van der Waals surface area contributed by atoms with Gasteiger partial charge in [0.05, 0.1) is 12.1 Å². The molecular weight excluding hydrogens is 316 g/mol. The van der Waals surface area contributed by atoms with Crippen LogP contribution in [0, 0.1) is 0 Å². The Kier molecular flexibility index (Phi) is 5.38. The number of sulfonamides is 1. The first-order valence-electron chi connectivity index (χ1n) is 6.14. The van der Waals surface area contributed by atoms with E-state index in [1.807, 2.05) is 20.8 Å². The van der Waals surface area contributed by atoms with Crippen molar-refractivity contribution in [3.63, 3.8) is 0 Å². The number of nitrogens with zero attached hydrogens (tertiary/aromatic N) is 1. The van der Waals surface area contributed by atoms with Gasteiger partial charge in [-0.15, -0.1) is 0 Å². The van der Waals surface area contributed by atoms with E-state index >= 15 is 0 Å². The number of benzene rings is 1. The molecule has 21 heavy (non-hydrogen) atoms. The highest BCUT2D eigenvalue weighted by Gasteiger charge is 2.25. The molecule has 1 amide bonds. The van der Waals surface area contributed by atoms with Gasteiger partial charge in [-0.2, -0.15) is 0 Å². The van der Waals surface area contributed by atoms with Crippen LogP contribution in [-0.2, 0) is 14.9 Å². The maximum Gasteiger partial charge on any atom is 0.266 e. The molecule has 0 aromatic heterocycles. The molecule has 0 atom stereocenters. The molecule has 0 saturated carbocycles. The first-order chi connectivity index (χ1) is 9.49. The van der Waals surface area contributed by atoms with Gasteiger partial charge in [0.1, 0.15) is 4.90 Å². The third-order valence-corrected chi connectivity index (χ3v) is 4.72. The van der Waals surface area contributed by atoms with Crippen molar-refractivity contribution in [2.24, 2.45) is 0 Å². The van der Waals surface area contributed by atoms with Gasteiger partial charge >= 0.3 is 0 Å². The number of carbonyl (C=O) groups excluding carboxylic acids is 1. The van der Waals surface area contributed by atoms with Crippen molar-refractivity contribution >= 4 is 27.5 Å². The molecule has 0 aliphatic rings. The highest BCUT2D eigenvalue weighted by molar-refractivity contribution is 7.89. The number of rotatable bonds is 4. The van der Waals surface area contributed by atoms with E-state index in [1.54, 1.807) is 0 Å². The molecule has 8 heteroatoms. The lowest BCUT2D eigenvalue weighted by molar-refractivity contribution is -0.0258. The maximum atomic E-state index is 12.2. The van der Waals surface area contributed by atoms with Crippen molar-refractivity contribution in [3.05, 3.63) is 28.8 Å². The minimum atomic E-state index is -3.92. The van der Waals surface area contributed by atoms with E-state index in [9.17, 15) is 13.2 Å². The highest BCUT2D eigenvalue weighted by Crippen LogP contribution is 2.25. The van der Waals surface area contributed by atoms with Crippen molar-refractivity contribution in [3.8, 4) is 0 Å². The normalized spacial score (nSPS) is 12.5. The van der Waals surface area contributed by atoms with Crippen LogP contribution in [0.4, 0.5) is 0 Å². The standard InChI is InChI=1S/C13H19ClN2O4S/c1-13(2,3)15-12(17)9-6-7-10(14)11(8-9)21(18,19)16(4)20-5/h6-8H,1-5H3,(H,15,17). The molecule has 1 rings (SSSR count). The van der Waals surface area contributed by atoms with Crippen molar-refractivity contribution in [2.75, 3.05) is 14.2 Å². The number of carbonyl (C=O) groups is 1. The molecule has 1 aromatic carbocycles. The summed E-state index contributed by atoms with van der Waals surface area (Å²) in [7, 11) is -1.45. The summed E-state index contributed by atoms with van der Waals surface area (Å²) >= 11 is 5.93. The fraction of sp³-hybridized carbons (Fsp3) is 0.462. The van der Waals surface area contributed by atoms with E-state index in [0.29, 0.717) is 4.47 Å². The molecule has 0 bridgehead atoms. The molecule has 0 fully saturated rings. The topological polar surface area (TPSA) is 75.7 Å². The minimum Gasteiger partial charge on any atom is -0.347 e. The SMILES string of the molecule is CON(C)S(=O)(=O)c1cc(C(=O)NC(C)(C)C)ccc1Cl. The zero-order valence-electron chi connectivity index (χ0n) is 12.6. The Hall–Kier alpha value is -1.15. The zero-order chi connectivity index (χ0) is 16.4. The Balaban J connectivity index is 3.27. The molecule has 1 N–H and O–H groups in total. The third-order valence-electron chi connectivity index (χ3n) is 2.56. The number of amides is 1. The monoisotopic (exact) mass is 334 g/mol. The highest BCUT2D eigenvalue weighted by atomic mass is 35.5. The first-order valence-corrected chi connectivity index (χ1v) is 7.96. The average Bonchev–Trinajstić information content (AvgIpc) is 2.35. The molecule has 6 nitrogen and oxygen atoms in total. The first kappa shape index (κ1) is 17.9. The van der Waals surface area contributed by atoms with E-state index in [2.05, 4.69) is 5.32 Å². The molecule has 0 aliphatic carbocycles. The largest absolute Gasteiger partial charge is 0.347 e. The fourth-order valence-corrected chi connectivity index (χ4v) is 2.97. The zero-order valence-corrected chi connectivity index (χ0v) is 14.2. The van der Waals surface area contributed by atoms with Gasteiger partial charge in [-0.3, -0.25) is 9.63 Å². The molecule has 0 radical (unpaired) electrons. The van der Waals surface area contributed by atoms with Crippen molar-refractivity contribution < 1.29 is 18.0 Å².